The Morgan fingerprint density at radius 1 is 1.41 bits per heavy atom. The molecule has 0 aromatic heterocycles. The minimum Gasteiger partial charge on any atom is -0.352 e. The summed E-state index contributed by atoms with van der Waals surface area (Å²) in [5.41, 5.74) is 7.00. The molecule has 92 valence electrons. The highest BCUT2D eigenvalue weighted by Crippen LogP contribution is 2.32. The lowest BCUT2D eigenvalue weighted by molar-refractivity contribution is -0.121. The SMILES string of the molecule is NC(CC(=O)NCc1ccc(Br)cc1)C1CC1. The zero-order valence-electron chi connectivity index (χ0n) is 9.66. The minimum atomic E-state index is 0.0416. The first-order chi connectivity index (χ1) is 8.15. The number of benzene rings is 1. The third kappa shape index (κ3) is 4.13. The first-order valence-corrected chi connectivity index (χ1v) is 6.71. The number of nitrogens with two attached hydrogens (primary N) is 1. The van der Waals surface area contributed by atoms with Gasteiger partial charge in [-0.3, -0.25) is 4.79 Å². The Balaban J connectivity index is 1.73. The molecular formula is C13H17BrN2O. The monoisotopic (exact) mass is 296 g/mol. The predicted octanol–water partition coefficient (Wildman–Crippen LogP) is 2.19. The van der Waals surface area contributed by atoms with Crippen molar-refractivity contribution < 1.29 is 4.79 Å². The summed E-state index contributed by atoms with van der Waals surface area (Å²) in [4.78, 5) is 11.6. The fourth-order valence-corrected chi connectivity index (χ4v) is 2.04. The Hall–Kier alpha value is -0.870. The summed E-state index contributed by atoms with van der Waals surface area (Å²) in [5, 5.41) is 2.90. The third-order valence-electron chi connectivity index (χ3n) is 3.05. The number of amides is 1. The topological polar surface area (TPSA) is 55.1 Å². The van der Waals surface area contributed by atoms with Crippen molar-refractivity contribution in [3.05, 3.63) is 34.3 Å². The molecule has 1 unspecified atom stereocenters. The van der Waals surface area contributed by atoms with E-state index in [2.05, 4.69) is 21.2 Å². The molecule has 17 heavy (non-hydrogen) atoms. The Kier molecular flexibility index (Phi) is 4.18. The molecule has 1 aliphatic carbocycles. The average Bonchev–Trinajstić information content (AvgIpc) is 3.12. The number of carbonyl (C=O) groups excluding carboxylic acids is 1. The van der Waals surface area contributed by atoms with E-state index in [1.165, 1.54) is 12.8 Å². The molecule has 0 aliphatic heterocycles. The van der Waals surface area contributed by atoms with Crippen molar-refractivity contribution in [3.8, 4) is 0 Å². The van der Waals surface area contributed by atoms with Gasteiger partial charge in [0.25, 0.3) is 0 Å². The quantitative estimate of drug-likeness (QED) is 0.875. The van der Waals surface area contributed by atoms with E-state index < -0.39 is 0 Å². The maximum atomic E-state index is 11.6. The molecule has 0 heterocycles. The molecule has 0 bridgehead atoms. The fourth-order valence-electron chi connectivity index (χ4n) is 1.78. The second kappa shape index (κ2) is 5.65. The van der Waals surface area contributed by atoms with Crippen LogP contribution in [0.3, 0.4) is 0 Å². The van der Waals surface area contributed by atoms with Crippen LogP contribution >= 0.6 is 15.9 Å². The van der Waals surface area contributed by atoms with E-state index in [-0.39, 0.29) is 11.9 Å². The molecule has 4 heteroatoms. The van der Waals surface area contributed by atoms with Gasteiger partial charge < -0.3 is 11.1 Å². The van der Waals surface area contributed by atoms with Gasteiger partial charge in [-0.2, -0.15) is 0 Å². The van der Waals surface area contributed by atoms with Crippen LogP contribution in [-0.4, -0.2) is 11.9 Å². The van der Waals surface area contributed by atoms with Crippen molar-refractivity contribution in [1.82, 2.24) is 5.32 Å². The maximum Gasteiger partial charge on any atom is 0.221 e. The molecule has 2 rings (SSSR count). The second-order valence-electron chi connectivity index (χ2n) is 4.61. The van der Waals surface area contributed by atoms with E-state index in [1.807, 2.05) is 24.3 Å². The number of rotatable bonds is 5. The van der Waals surface area contributed by atoms with E-state index in [9.17, 15) is 4.79 Å². The summed E-state index contributed by atoms with van der Waals surface area (Å²) >= 11 is 3.38. The zero-order valence-corrected chi connectivity index (χ0v) is 11.2. The van der Waals surface area contributed by atoms with Crippen molar-refractivity contribution in [1.29, 1.82) is 0 Å². The summed E-state index contributed by atoms with van der Waals surface area (Å²) in [7, 11) is 0. The minimum absolute atomic E-state index is 0.0416. The Morgan fingerprint density at radius 2 is 2.06 bits per heavy atom. The lowest BCUT2D eigenvalue weighted by atomic mass is 10.1. The van der Waals surface area contributed by atoms with E-state index >= 15 is 0 Å². The van der Waals surface area contributed by atoms with Crippen LogP contribution in [0.2, 0.25) is 0 Å². The normalized spacial score (nSPS) is 16.6. The molecular weight excluding hydrogens is 280 g/mol. The van der Waals surface area contributed by atoms with Gasteiger partial charge in [0.2, 0.25) is 5.91 Å². The molecule has 1 saturated carbocycles. The van der Waals surface area contributed by atoms with Crippen molar-refractivity contribution in [2.24, 2.45) is 11.7 Å². The zero-order chi connectivity index (χ0) is 12.3. The molecule has 1 aliphatic rings. The van der Waals surface area contributed by atoms with Crippen molar-refractivity contribution >= 4 is 21.8 Å². The van der Waals surface area contributed by atoms with Crippen LogP contribution in [-0.2, 0) is 11.3 Å². The Morgan fingerprint density at radius 3 is 2.65 bits per heavy atom. The lowest BCUT2D eigenvalue weighted by Crippen LogP contribution is -2.32. The Labute approximate surface area is 110 Å². The molecule has 0 saturated heterocycles. The molecule has 3 N–H and O–H groups in total. The van der Waals surface area contributed by atoms with E-state index in [0.717, 1.165) is 10.0 Å². The van der Waals surface area contributed by atoms with Crippen LogP contribution in [0.15, 0.2) is 28.7 Å². The molecule has 0 radical (unpaired) electrons. The maximum absolute atomic E-state index is 11.6. The number of halogens is 1. The standard InChI is InChI=1S/C13H17BrN2O/c14-11-5-1-9(2-6-11)8-16-13(17)7-12(15)10-3-4-10/h1-2,5-6,10,12H,3-4,7-8,15H2,(H,16,17). The van der Waals surface area contributed by atoms with E-state index in [1.54, 1.807) is 0 Å². The summed E-state index contributed by atoms with van der Waals surface area (Å²) in [5.74, 6) is 0.626. The van der Waals surface area contributed by atoms with Gasteiger partial charge in [-0.25, -0.2) is 0 Å². The fraction of sp³-hybridized carbons (Fsp3) is 0.462. The van der Waals surface area contributed by atoms with Gasteiger partial charge in [-0.15, -0.1) is 0 Å². The Bertz CT molecular complexity index is 387. The number of carbonyl (C=O) groups is 1. The summed E-state index contributed by atoms with van der Waals surface area (Å²) in [6.45, 7) is 0.573. The molecule has 3 nitrogen and oxygen atoms in total. The summed E-state index contributed by atoms with van der Waals surface area (Å²) in [6.07, 6.45) is 2.81. The molecule has 1 fully saturated rings. The molecule has 0 spiro atoms. The van der Waals surface area contributed by atoms with Crippen molar-refractivity contribution in [2.75, 3.05) is 0 Å². The summed E-state index contributed by atoms with van der Waals surface area (Å²) in [6, 6.07) is 7.96. The van der Waals surface area contributed by atoms with Crippen LogP contribution in [0.4, 0.5) is 0 Å². The molecule has 1 amide bonds. The molecule has 1 atom stereocenters. The third-order valence-corrected chi connectivity index (χ3v) is 3.58. The van der Waals surface area contributed by atoms with Crippen LogP contribution in [0, 0.1) is 5.92 Å². The lowest BCUT2D eigenvalue weighted by Gasteiger charge is -2.10. The van der Waals surface area contributed by atoms with Crippen LogP contribution in [0.5, 0.6) is 0 Å². The van der Waals surface area contributed by atoms with Gasteiger partial charge in [-0.05, 0) is 36.5 Å². The second-order valence-corrected chi connectivity index (χ2v) is 5.52. The highest BCUT2D eigenvalue weighted by molar-refractivity contribution is 9.10. The molecule has 1 aromatic rings. The van der Waals surface area contributed by atoms with Gasteiger partial charge >= 0.3 is 0 Å². The largest absolute Gasteiger partial charge is 0.352 e. The number of hydrogen-bond donors (Lipinski definition) is 2. The van der Waals surface area contributed by atoms with E-state index in [4.69, 9.17) is 5.73 Å². The highest BCUT2D eigenvalue weighted by Gasteiger charge is 2.29. The molecule has 1 aromatic carbocycles. The van der Waals surface area contributed by atoms with Crippen LogP contribution < -0.4 is 11.1 Å². The van der Waals surface area contributed by atoms with Crippen LogP contribution in [0.25, 0.3) is 0 Å². The average molecular weight is 297 g/mol. The van der Waals surface area contributed by atoms with Gasteiger partial charge in [0.1, 0.15) is 0 Å². The van der Waals surface area contributed by atoms with Gasteiger partial charge in [0, 0.05) is 23.5 Å². The van der Waals surface area contributed by atoms with Gasteiger partial charge in [-0.1, -0.05) is 28.1 Å². The van der Waals surface area contributed by atoms with Crippen LogP contribution in [0.1, 0.15) is 24.8 Å². The van der Waals surface area contributed by atoms with Gasteiger partial charge in [0.05, 0.1) is 0 Å². The first-order valence-electron chi connectivity index (χ1n) is 5.92. The number of hydrogen-bond acceptors (Lipinski definition) is 2. The number of nitrogens with one attached hydrogen (secondary N) is 1. The van der Waals surface area contributed by atoms with Gasteiger partial charge in [0.15, 0.2) is 0 Å². The van der Waals surface area contributed by atoms with Crippen molar-refractivity contribution in [3.63, 3.8) is 0 Å². The first kappa shape index (κ1) is 12.6. The summed E-state index contributed by atoms with van der Waals surface area (Å²) < 4.78 is 1.04. The van der Waals surface area contributed by atoms with E-state index in [0.29, 0.717) is 18.9 Å². The predicted molar refractivity (Wildman–Crippen MR) is 71.3 cm³/mol. The smallest absolute Gasteiger partial charge is 0.221 e. The van der Waals surface area contributed by atoms with Crippen molar-refractivity contribution in [2.45, 2.75) is 31.8 Å². The highest BCUT2D eigenvalue weighted by atomic mass is 79.9.